The van der Waals surface area contributed by atoms with Gasteiger partial charge in [0, 0.05) is 35.9 Å². The van der Waals surface area contributed by atoms with Crippen LogP contribution in [0, 0.1) is 27.7 Å². The van der Waals surface area contributed by atoms with E-state index in [1.54, 1.807) is 24.8 Å². The molecule has 4 rings (SSSR count). The van der Waals surface area contributed by atoms with Crippen LogP contribution in [0.15, 0.2) is 85.5 Å². The number of nitrogens with one attached hydrogen (secondary N) is 2. The highest BCUT2D eigenvalue weighted by molar-refractivity contribution is 5.96. The van der Waals surface area contributed by atoms with Gasteiger partial charge in [-0.3, -0.25) is 19.6 Å². The van der Waals surface area contributed by atoms with Crippen molar-refractivity contribution in [2.24, 2.45) is 0 Å². The Hall–Kier alpha value is -4.32. The highest BCUT2D eigenvalue weighted by Gasteiger charge is 2.29. The lowest BCUT2D eigenvalue weighted by Gasteiger charge is -2.30. The fourth-order valence-corrected chi connectivity index (χ4v) is 4.52. The average Bonchev–Trinajstić information content (AvgIpc) is 2.85. The van der Waals surface area contributed by atoms with Gasteiger partial charge < -0.3 is 10.6 Å². The topological polar surface area (TPSA) is 84.0 Å². The van der Waals surface area contributed by atoms with Crippen LogP contribution in [0.1, 0.15) is 66.2 Å². The molecule has 0 aliphatic heterocycles. The predicted molar refractivity (Wildman–Crippen MR) is 141 cm³/mol. The number of carbonyl (C=O) groups is 2. The van der Waals surface area contributed by atoms with E-state index in [2.05, 4.69) is 20.6 Å². The summed E-state index contributed by atoms with van der Waals surface area (Å²) in [7, 11) is 0. The molecule has 2 N–H and O–H groups in total. The van der Waals surface area contributed by atoms with Crippen LogP contribution in [-0.2, 0) is 0 Å². The van der Waals surface area contributed by atoms with Crippen LogP contribution in [0.25, 0.3) is 0 Å². The third-order valence-electron chi connectivity index (χ3n) is 6.00. The van der Waals surface area contributed by atoms with Crippen molar-refractivity contribution in [1.29, 1.82) is 0 Å². The molecule has 0 saturated heterocycles. The SMILES string of the molecule is Cc1cc(C)cc(C(=O)N[C@@H](c2ccncc2)[C@@H](NC(=O)c2cc(C)cc(C)c2)c2ccncc2)c1. The fourth-order valence-electron chi connectivity index (χ4n) is 4.52. The lowest BCUT2D eigenvalue weighted by Crippen LogP contribution is -2.41. The van der Waals surface area contributed by atoms with Crippen molar-refractivity contribution >= 4 is 11.8 Å². The molecule has 0 spiro atoms. The van der Waals surface area contributed by atoms with Crippen molar-refractivity contribution in [3.8, 4) is 0 Å². The minimum atomic E-state index is -0.557. The minimum Gasteiger partial charge on any atom is -0.343 e. The minimum absolute atomic E-state index is 0.219. The molecule has 0 fully saturated rings. The van der Waals surface area contributed by atoms with Crippen LogP contribution < -0.4 is 10.6 Å². The predicted octanol–water partition coefficient (Wildman–Crippen LogP) is 5.35. The average molecular weight is 479 g/mol. The largest absolute Gasteiger partial charge is 0.343 e. The number of benzene rings is 2. The van der Waals surface area contributed by atoms with E-state index in [4.69, 9.17) is 0 Å². The van der Waals surface area contributed by atoms with Gasteiger partial charge in [-0.25, -0.2) is 0 Å². The molecule has 0 aliphatic carbocycles. The molecular formula is C30H30N4O2. The lowest BCUT2D eigenvalue weighted by atomic mass is 9.93. The third kappa shape index (κ3) is 6.02. The maximum Gasteiger partial charge on any atom is 0.251 e. The Morgan fingerprint density at radius 3 is 1.17 bits per heavy atom. The van der Waals surface area contributed by atoms with E-state index in [9.17, 15) is 9.59 Å². The molecule has 2 atom stereocenters. The second kappa shape index (κ2) is 11.0. The summed E-state index contributed by atoms with van der Waals surface area (Å²) in [4.78, 5) is 35.2. The first-order chi connectivity index (χ1) is 17.3. The molecule has 36 heavy (non-hydrogen) atoms. The number of aromatic nitrogens is 2. The summed E-state index contributed by atoms with van der Waals surface area (Å²) in [5.41, 5.74) is 6.82. The lowest BCUT2D eigenvalue weighted by molar-refractivity contribution is 0.0881. The number of amides is 2. The number of hydrogen-bond donors (Lipinski definition) is 2. The van der Waals surface area contributed by atoms with Gasteiger partial charge >= 0.3 is 0 Å². The number of aryl methyl sites for hydroxylation is 4. The Morgan fingerprint density at radius 2 is 0.861 bits per heavy atom. The van der Waals surface area contributed by atoms with E-state index >= 15 is 0 Å². The van der Waals surface area contributed by atoms with Crippen LogP contribution in [0.2, 0.25) is 0 Å². The molecule has 4 aromatic rings. The summed E-state index contributed by atoms with van der Waals surface area (Å²) in [5, 5.41) is 6.36. The number of hydrogen-bond acceptors (Lipinski definition) is 4. The van der Waals surface area contributed by atoms with E-state index in [0.29, 0.717) is 11.1 Å². The van der Waals surface area contributed by atoms with Crippen molar-refractivity contribution in [3.63, 3.8) is 0 Å². The number of carbonyl (C=O) groups excluding carboxylic acids is 2. The molecule has 2 heterocycles. The van der Waals surface area contributed by atoms with Crippen LogP contribution in [0.4, 0.5) is 0 Å². The van der Waals surface area contributed by atoms with Crippen molar-refractivity contribution < 1.29 is 9.59 Å². The third-order valence-corrected chi connectivity index (χ3v) is 6.00. The molecule has 0 radical (unpaired) electrons. The Labute approximate surface area is 211 Å². The highest BCUT2D eigenvalue weighted by atomic mass is 16.2. The van der Waals surface area contributed by atoms with Gasteiger partial charge in [0.1, 0.15) is 0 Å². The molecule has 182 valence electrons. The summed E-state index contributed by atoms with van der Waals surface area (Å²) in [6.07, 6.45) is 6.72. The van der Waals surface area contributed by atoms with Gasteiger partial charge in [-0.05, 0) is 87.4 Å². The van der Waals surface area contributed by atoms with Crippen molar-refractivity contribution in [1.82, 2.24) is 20.6 Å². The normalized spacial score (nSPS) is 12.4. The Bertz CT molecular complexity index is 1220. The van der Waals surface area contributed by atoms with Gasteiger partial charge in [-0.1, -0.05) is 34.4 Å². The monoisotopic (exact) mass is 478 g/mol. The van der Waals surface area contributed by atoms with Crippen molar-refractivity contribution in [3.05, 3.63) is 130 Å². The number of nitrogens with zero attached hydrogens (tertiary/aromatic N) is 2. The van der Waals surface area contributed by atoms with Crippen LogP contribution in [0.5, 0.6) is 0 Å². The molecule has 0 saturated carbocycles. The summed E-state index contributed by atoms with van der Waals surface area (Å²) in [6.45, 7) is 7.86. The molecule has 2 aromatic carbocycles. The van der Waals surface area contributed by atoms with E-state index in [0.717, 1.165) is 33.4 Å². The first-order valence-corrected chi connectivity index (χ1v) is 11.9. The summed E-state index contributed by atoms with van der Waals surface area (Å²) < 4.78 is 0. The van der Waals surface area contributed by atoms with E-state index in [1.807, 2.05) is 88.4 Å². The first kappa shape index (κ1) is 24.8. The zero-order valence-corrected chi connectivity index (χ0v) is 20.9. The van der Waals surface area contributed by atoms with E-state index in [-0.39, 0.29) is 11.8 Å². The maximum absolute atomic E-state index is 13.5. The number of rotatable bonds is 7. The quantitative estimate of drug-likeness (QED) is 0.375. The molecule has 2 aromatic heterocycles. The zero-order chi connectivity index (χ0) is 25.7. The molecular weight excluding hydrogens is 448 g/mol. The van der Waals surface area contributed by atoms with Crippen molar-refractivity contribution in [2.45, 2.75) is 39.8 Å². The first-order valence-electron chi connectivity index (χ1n) is 11.9. The Morgan fingerprint density at radius 1 is 0.556 bits per heavy atom. The van der Waals surface area contributed by atoms with Gasteiger partial charge in [0.25, 0.3) is 11.8 Å². The molecule has 0 bridgehead atoms. The molecule has 2 amide bonds. The molecule has 0 aliphatic rings. The second-order valence-electron chi connectivity index (χ2n) is 9.22. The van der Waals surface area contributed by atoms with Crippen molar-refractivity contribution in [2.75, 3.05) is 0 Å². The van der Waals surface area contributed by atoms with Gasteiger partial charge in [-0.15, -0.1) is 0 Å². The standard InChI is InChI=1S/C30H30N4O2/c1-19-13-20(2)16-25(15-19)29(35)33-27(23-5-9-31-10-6-23)28(24-7-11-32-12-8-24)34-30(36)26-17-21(3)14-22(4)18-26/h5-18,27-28H,1-4H3,(H,33,35)(H,34,36)/t27-,28-/m0/s1. The van der Waals surface area contributed by atoms with E-state index in [1.165, 1.54) is 0 Å². The fraction of sp³-hybridized carbons (Fsp3) is 0.200. The maximum atomic E-state index is 13.5. The van der Waals surface area contributed by atoms with Gasteiger partial charge in [0.2, 0.25) is 0 Å². The van der Waals surface area contributed by atoms with E-state index < -0.39 is 12.1 Å². The Balaban J connectivity index is 1.75. The number of pyridine rings is 2. The summed E-state index contributed by atoms with van der Waals surface area (Å²) >= 11 is 0. The smallest absolute Gasteiger partial charge is 0.251 e. The Kier molecular flexibility index (Phi) is 7.54. The second-order valence-corrected chi connectivity index (χ2v) is 9.22. The highest BCUT2D eigenvalue weighted by Crippen LogP contribution is 2.30. The summed E-state index contributed by atoms with van der Waals surface area (Å²) in [6, 6.07) is 17.8. The summed E-state index contributed by atoms with van der Waals surface area (Å²) in [5.74, 6) is -0.438. The molecule has 0 unspecified atom stereocenters. The van der Waals surface area contributed by atoms with Gasteiger partial charge in [0.15, 0.2) is 0 Å². The van der Waals surface area contributed by atoms with Crippen LogP contribution in [0.3, 0.4) is 0 Å². The zero-order valence-electron chi connectivity index (χ0n) is 20.9. The van der Waals surface area contributed by atoms with Crippen LogP contribution >= 0.6 is 0 Å². The van der Waals surface area contributed by atoms with Gasteiger partial charge in [-0.2, -0.15) is 0 Å². The van der Waals surface area contributed by atoms with Crippen LogP contribution in [-0.4, -0.2) is 21.8 Å². The molecule has 6 nitrogen and oxygen atoms in total. The van der Waals surface area contributed by atoms with Gasteiger partial charge in [0.05, 0.1) is 12.1 Å². The molecule has 6 heteroatoms.